The van der Waals surface area contributed by atoms with Gasteiger partial charge in [-0.05, 0) is 49.2 Å². The van der Waals surface area contributed by atoms with E-state index in [2.05, 4.69) is 10.6 Å². The molecule has 1 unspecified atom stereocenters. The molecule has 10 heteroatoms. The highest BCUT2D eigenvalue weighted by molar-refractivity contribution is 6.10. The third-order valence-corrected chi connectivity index (χ3v) is 4.97. The van der Waals surface area contributed by atoms with Crippen LogP contribution in [-0.4, -0.2) is 36.4 Å². The third-order valence-electron chi connectivity index (χ3n) is 4.97. The Morgan fingerprint density at radius 2 is 1.90 bits per heavy atom. The molecule has 1 fully saturated rings. The lowest BCUT2D eigenvalue weighted by Gasteiger charge is -2.23. The minimum Gasteiger partial charge on any atom is -0.495 e. The number of carbonyl (C=O) groups excluding carboxylic acids is 3. The summed E-state index contributed by atoms with van der Waals surface area (Å²) < 4.78 is 44.3. The fraction of sp³-hybridized carbons (Fsp3) is 0.286. The van der Waals surface area contributed by atoms with Gasteiger partial charge in [-0.1, -0.05) is 18.2 Å². The predicted molar refractivity (Wildman–Crippen MR) is 105 cm³/mol. The molecule has 0 aromatic heterocycles. The molecule has 164 valence electrons. The number of alkyl halides is 3. The zero-order valence-corrected chi connectivity index (χ0v) is 17.0. The molecule has 0 radical (unpaired) electrons. The number of rotatable bonds is 5. The molecule has 4 amide bonds. The quantitative estimate of drug-likeness (QED) is 0.705. The van der Waals surface area contributed by atoms with Gasteiger partial charge in [0, 0.05) is 0 Å². The van der Waals surface area contributed by atoms with Gasteiger partial charge in [-0.3, -0.25) is 14.5 Å². The number of ether oxygens (including phenoxy) is 1. The molecule has 2 N–H and O–H groups in total. The molecular formula is C21H20F3N3O4. The van der Waals surface area contributed by atoms with E-state index in [0.29, 0.717) is 16.3 Å². The van der Waals surface area contributed by atoms with Crippen molar-refractivity contribution in [3.8, 4) is 5.75 Å². The average molecular weight is 435 g/mol. The van der Waals surface area contributed by atoms with E-state index in [4.69, 9.17) is 4.74 Å². The lowest BCUT2D eigenvalue weighted by atomic mass is 9.90. The van der Waals surface area contributed by atoms with Crippen molar-refractivity contribution in [2.45, 2.75) is 25.6 Å². The third kappa shape index (κ3) is 4.32. The summed E-state index contributed by atoms with van der Waals surface area (Å²) >= 11 is 0. The molecule has 0 bridgehead atoms. The number of benzene rings is 2. The van der Waals surface area contributed by atoms with Crippen LogP contribution in [0, 0.1) is 6.92 Å². The van der Waals surface area contributed by atoms with Gasteiger partial charge >= 0.3 is 12.2 Å². The van der Waals surface area contributed by atoms with E-state index in [0.717, 1.165) is 23.8 Å². The summed E-state index contributed by atoms with van der Waals surface area (Å²) in [4.78, 5) is 38.5. The number of nitrogens with one attached hydrogen (secondary N) is 2. The van der Waals surface area contributed by atoms with Crippen LogP contribution in [0.3, 0.4) is 0 Å². The Kier molecular flexibility index (Phi) is 5.66. The van der Waals surface area contributed by atoms with Crippen molar-refractivity contribution < 1.29 is 32.3 Å². The summed E-state index contributed by atoms with van der Waals surface area (Å²) in [6, 6.07) is 8.37. The molecule has 1 aliphatic heterocycles. The summed E-state index contributed by atoms with van der Waals surface area (Å²) in [5.74, 6) is -1.10. The van der Waals surface area contributed by atoms with E-state index >= 15 is 0 Å². The summed E-state index contributed by atoms with van der Waals surface area (Å²) in [7, 11) is 1.43. The Bertz CT molecular complexity index is 1050. The molecule has 3 rings (SSSR count). The van der Waals surface area contributed by atoms with Crippen molar-refractivity contribution >= 4 is 23.5 Å². The topological polar surface area (TPSA) is 87.7 Å². The van der Waals surface area contributed by atoms with Gasteiger partial charge in [0.25, 0.3) is 5.91 Å². The number of aryl methyl sites for hydroxylation is 1. The number of urea groups is 1. The Balaban J connectivity index is 1.81. The second-order valence-electron chi connectivity index (χ2n) is 7.28. The number of hydrogen-bond donors (Lipinski definition) is 2. The highest BCUT2D eigenvalue weighted by Crippen LogP contribution is 2.34. The van der Waals surface area contributed by atoms with E-state index in [9.17, 15) is 27.6 Å². The minimum atomic E-state index is -4.61. The van der Waals surface area contributed by atoms with E-state index in [1.165, 1.54) is 20.1 Å². The van der Waals surface area contributed by atoms with Crippen LogP contribution in [0.2, 0.25) is 0 Å². The fourth-order valence-electron chi connectivity index (χ4n) is 3.30. The lowest BCUT2D eigenvalue weighted by molar-refractivity contribution is -0.138. The van der Waals surface area contributed by atoms with Gasteiger partial charge in [0.2, 0.25) is 5.91 Å². The molecule has 0 aliphatic carbocycles. The highest BCUT2D eigenvalue weighted by Gasteiger charge is 2.50. The molecule has 31 heavy (non-hydrogen) atoms. The lowest BCUT2D eigenvalue weighted by Crippen LogP contribution is -2.42. The maximum Gasteiger partial charge on any atom is 0.416 e. The molecule has 1 heterocycles. The summed E-state index contributed by atoms with van der Waals surface area (Å²) in [6.45, 7) is 2.49. The highest BCUT2D eigenvalue weighted by atomic mass is 19.4. The number of halogens is 3. The van der Waals surface area contributed by atoms with Crippen molar-refractivity contribution in [3.05, 3.63) is 59.2 Å². The SMILES string of the molecule is COc1ccc(C)cc1NC(=O)CN1C(=O)NC(C)(c2cccc(C(F)(F)F)c2)C1=O. The van der Waals surface area contributed by atoms with Gasteiger partial charge in [-0.2, -0.15) is 13.2 Å². The van der Waals surface area contributed by atoms with Gasteiger partial charge in [0.15, 0.2) is 0 Å². The van der Waals surface area contributed by atoms with E-state index in [1.807, 2.05) is 6.92 Å². The minimum absolute atomic E-state index is 0.0380. The molecule has 7 nitrogen and oxygen atoms in total. The van der Waals surface area contributed by atoms with E-state index in [1.54, 1.807) is 18.2 Å². The van der Waals surface area contributed by atoms with Crippen molar-refractivity contribution in [2.75, 3.05) is 19.0 Å². The van der Waals surface area contributed by atoms with Crippen molar-refractivity contribution in [2.24, 2.45) is 0 Å². The first-order valence-corrected chi connectivity index (χ1v) is 9.22. The molecule has 0 saturated carbocycles. The maximum absolute atomic E-state index is 13.1. The van der Waals surface area contributed by atoms with Crippen molar-refractivity contribution in [3.63, 3.8) is 0 Å². The van der Waals surface area contributed by atoms with Gasteiger partial charge in [0.1, 0.15) is 17.8 Å². The van der Waals surface area contributed by atoms with Gasteiger partial charge in [-0.25, -0.2) is 4.79 Å². The van der Waals surface area contributed by atoms with Crippen LogP contribution in [0.15, 0.2) is 42.5 Å². The van der Waals surface area contributed by atoms with Crippen LogP contribution in [0.4, 0.5) is 23.7 Å². The van der Waals surface area contributed by atoms with Crippen molar-refractivity contribution in [1.29, 1.82) is 0 Å². The Labute approximate surface area is 176 Å². The normalized spacial score (nSPS) is 18.7. The molecule has 0 spiro atoms. The van der Waals surface area contributed by atoms with Crippen LogP contribution in [0.5, 0.6) is 5.75 Å². The molecular weight excluding hydrogens is 415 g/mol. The first-order valence-electron chi connectivity index (χ1n) is 9.22. The summed E-state index contributed by atoms with van der Waals surface area (Å²) in [5, 5.41) is 4.97. The second-order valence-corrected chi connectivity index (χ2v) is 7.28. The Morgan fingerprint density at radius 3 is 2.55 bits per heavy atom. The number of carbonyl (C=O) groups is 3. The van der Waals surface area contributed by atoms with Crippen LogP contribution >= 0.6 is 0 Å². The number of hydrogen-bond acceptors (Lipinski definition) is 4. The van der Waals surface area contributed by atoms with Crippen LogP contribution in [-0.2, 0) is 21.3 Å². The molecule has 1 atom stereocenters. The molecule has 2 aromatic rings. The standard InChI is InChI=1S/C21H20F3N3O4/c1-12-7-8-16(31-3)15(9-12)25-17(28)11-27-18(29)20(2,26-19(27)30)13-5-4-6-14(10-13)21(22,23)24/h4-10H,11H2,1-3H3,(H,25,28)(H,26,30). The Hall–Kier alpha value is -3.56. The van der Waals surface area contributed by atoms with E-state index in [-0.39, 0.29) is 5.56 Å². The number of nitrogens with zero attached hydrogens (tertiary/aromatic N) is 1. The summed E-state index contributed by atoms with van der Waals surface area (Å²) in [6.07, 6.45) is -4.61. The number of methoxy groups -OCH3 is 1. The Morgan fingerprint density at radius 1 is 1.19 bits per heavy atom. The van der Waals surface area contributed by atoms with Gasteiger partial charge in [0.05, 0.1) is 18.4 Å². The fourth-order valence-corrected chi connectivity index (χ4v) is 3.30. The summed E-state index contributed by atoms with van der Waals surface area (Å²) in [5.41, 5.74) is -1.51. The van der Waals surface area contributed by atoms with E-state index < -0.39 is 41.7 Å². The molecule has 1 saturated heterocycles. The molecule has 2 aromatic carbocycles. The first kappa shape index (κ1) is 22.1. The number of anilines is 1. The molecule has 1 aliphatic rings. The number of amides is 4. The second kappa shape index (κ2) is 7.93. The zero-order chi connectivity index (χ0) is 23.0. The van der Waals surface area contributed by atoms with Crippen LogP contribution < -0.4 is 15.4 Å². The van der Waals surface area contributed by atoms with Crippen LogP contribution in [0.25, 0.3) is 0 Å². The van der Waals surface area contributed by atoms with Crippen molar-refractivity contribution in [1.82, 2.24) is 10.2 Å². The largest absolute Gasteiger partial charge is 0.495 e. The predicted octanol–water partition coefficient (Wildman–Crippen LogP) is 3.43. The van der Waals surface area contributed by atoms with Gasteiger partial charge in [-0.15, -0.1) is 0 Å². The smallest absolute Gasteiger partial charge is 0.416 e. The first-order chi connectivity index (χ1) is 14.5. The maximum atomic E-state index is 13.1. The zero-order valence-electron chi connectivity index (χ0n) is 17.0. The number of imide groups is 1. The average Bonchev–Trinajstić information content (AvgIpc) is 2.91. The van der Waals surface area contributed by atoms with Gasteiger partial charge < -0.3 is 15.4 Å². The monoisotopic (exact) mass is 435 g/mol. The van der Waals surface area contributed by atoms with Crippen LogP contribution in [0.1, 0.15) is 23.6 Å².